The Hall–Kier alpha value is -0.0800. The van der Waals surface area contributed by atoms with E-state index in [1.165, 1.54) is 58.3 Å². The van der Waals surface area contributed by atoms with Crippen molar-refractivity contribution in [2.45, 2.75) is 65.8 Å². The van der Waals surface area contributed by atoms with E-state index in [0.29, 0.717) is 6.04 Å². The summed E-state index contributed by atoms with van der Waals surface area (Å²) in [6.07, 6.45) is 6.99. The third-order valence-corrected chi connectivity index (χ3v) is 4.36. The van der Waals surface area contributed by atoms with Crippen LogP contribution in [0.4, 0.5) is 0 Å². The van der Waals surface area contributed by atoms with E-state index < -0.39 is 0 Å². The van der Waals surface area contributed by atoms with E-state index >= 15 is 0 Å². The van der Waals surface area contributed by atoms with Crippen molar-refractivity contribution in [2.75, 3.05) is 26.2 Å². The Morgan fingerprint density at radius 2 is 2.00 bits per heavy atom. The van der Waals surface area contributed by atoms with Crippen molar-refractivity contribution in [2.24, 2.45) is 11.8 Å². The summed E-state index contributed by atoms with van der Waals surface area (Å²) in [5.41, 5.74) is 0. The average Bonchev–Trinajstić information content (AvgIpc) is 2.34. The van der Waals surface area contributed by atoms with Crippen molar-refractivity contribution >= 4 is 0 Å². The Bertz CT molecular complexity index is 205. The highest BCUT2D eigenvalue weighted by Gasteiger charge is 2.17. The maximum absolute atomic E-state index is 3.52. The largest absolute Gasteiger partial charge is 0.312 e. The van der Waals surface area contributed by atoms with Gasteiger partial charge in [-0.15, -0.1) is 0 Å². The molecule has 0 bridgehead atoms. The molecule has 108 valence electrons. The predicted molar refractivity (Wildman–Crippen MR) is 81.0 cm³/mol. The number of piperazine rings is 1. The minimum atomic E-state index is 0.675. The second kappa shape index (κ2) is 8.92. The molecule has 1 heterocycles. The van der Waals surface area contributed by atoms with Crippen molar-refractivity contribution in [1.29, 1.82) is 0 Å². The molecule has 0 saturated carbocycles. The van der Waals surface area contributed by atoms with Gasteiger partial charge in [0.25, 0.3) is 0 Å². The Kier molecular flexibility index (Phi) is 7.92. The molecule has 2 unspecified atom stereocenters. The highest BCUT2D eigenvalue weighted by molar-refractivity contribution is 4.76. The van der Waals surface area contributed by atoms with Gasteiger partial charge in [-0.25, -0.2) is 0 Å². The normalized spacial score (nSPS) is 25.0. The summed E-state index contributed by atoms with van der Waals surface area (Å²) >= 11 is 0. The molecule has 0 aromatic rings. The molecule has 18 heavy (non-hydrogen) atoms. The smallest absolute Gasteiger partial charge is 0.0167 e. The van der Waals surface area contributed by atoms with E-state index in [9.17, 15) is 0 Å². The molecule has 3 atom stereocenters. The fourth-order valence-corrected chi connectivity index (χ4v) is 3.19. The zero-order chi connectivity index (χ0) is 13.4. The maximum atomic E-state index is 3.52. The Balaban J connectivity index is 2.17. The Morgan fingerprint density at radius 1 is 1.22 bits per heavy atom. The first-order valence-corrected chi connectivity index (χ1v) is 8.11. The quantitative estimate of drug-likeness (QED) is 0.713. The van der Waals surface area contributed by atoms with Crippen LogP contribution in [0, 0.1) is 11.8 Å². The highest BCUT2D eigenvalue weighted by atomic mass is 15.2. The molecule has 0 aromatic carbocycles. The van der Waals surface area contributed by atoms with E-state index in [1.807, 2.05) is 0 Å². The van der Waals surface area contributed by atoms with Crippen LogP contribution in [0.3, 0.4) is 0 Å². The van der Waals surface area contributed by atoms with E-state index in [2.05, 4.69) is 37.9 Å². The van der Waals surface area contributed by atoms with Gasteiger partial charge in [-0.05, 0) is 25.2 Å². The summed E-state index contributed by atoms with van der Waals surface area (Å²) < 4.78 is 0. The number of nitrogens with zero attached hydrogens (tertiary/aromatic N) is 1. The van der Waals surface area contributed by atoms with Gasteiger partial charge in [-0.1, -0.05) is 46.5 Å². The van der Waals surface area contributed by atoms with Crippen molar-refractivity contribution in [1.82, 2.24) is 10.2 Å². The average molecular weight is 254 g/mol. The predicted octanol–water partition coefficient (Wildman–Crippen LogP) is 3.52. The zero-order valence-electron chi connectivity index (χ0n) is 13.0. The molecule has 0 radical (unpaired) electrons. The second-order valence-electron chi connectivity index (χ2n) is 6.36. The fraction of sp³-hybridized carbons (Fsp3) is 1.00. The molecule has 1 N–H and O–H groups in total. The molecule has 2 heteroatoms. The van der Waals surface area contributed by atoms with Crippen LogP contribution in [0.2, 0.25) is 0 Å². The molecule has 1 fully saturated rings. The molecule has 1 aliphatic rings. The Labute approximate surface area is 115 Å². The lowest BCUT2D eigenvalue weighted by molar-refractivity contribution is 0.176. The zero-order valence-corrected chi connectivity index (χ0v) is 13.0. The molecule has 0 aromatic heterocycles. The topological polar surface area (TPSA) is 15.3 Å². The van der Waals surface area contributed by atoms with Crippen LogP contribution in [0.15, 0.2) is 0 Å². The number of hydrogen-bond donors (Lipinski definition) is 1. The third-order valence-electron chi connectivity index (χ3n) is 4.36. The first-order chi connectivity index (χ1) is 8.65. The van der Waals surface area contributed by atoms with E-state index in [4.69, 9.17) is 0 Å². The standard InChI is InChI=1S/C16H34N2/c1-5-7-16(6-2)9-8-14(3)12-18-11-10-17-15(4)13-18/h14-17H,5-13H2,1-4H3/t14?,15-,16?/m1/s1. The van der Waals surface area contributed by atoms with E-state index in [1.54, 1.807) is 0 Å². The van der Waals surface area contributed by atoms with Crippen molar-refractivity contribution in [3.8, 4) is 0 Å². The monoisotopic (exact) mass is 254 g/mol. The van der Waals surface area contributed by atoms with Crippen LogP contribution in [-0.2, 0) is 0 Å². The first kappa shape index (κ1) is 16.0. The first-order valence-electron chi connectivity index (χ1n) is 8.11. The summed E-state index contributed by atoms with van der Waals surface area (Å²) in [7, 11) is 0. The van der Waals surface area contributed by atoms with Gasteiger partial charge in [0.05, 0.1) is 0 Å². The summed E-state index contributed by atoms with van der Waals surface area (Å²) in [5, 5.41) is 3.52. The molecular formula is C16H34N2. The van der Waals surface area contributed by atoms with Gasteiger partial charge in [0, 0.05) is 32.2 Å². The molecule has 0 spiro atoms. The number of rotatable bonds is 8. The van der Waals surface area contributed by atoms with Crippen LogP contribution in [0.1, 0.15) is 59.8 Å². The van der Waals surface area contributed by atoms with Gasteiger partial charge < -0.3 is 10.2 Å². The third kappa shape index (κ3) is 6.19. The second-order valence-corrected chi connectivity index (χ2v) is 6.36. The maximum Gasteiger partial charge on any atom is 0.0167 e. The van der Waals surface area contributed by atoms with Crippen molar-refractivity contribution < 1.29 is 0 Å². The Morgan fingerprint density at radius 3 is 2.61 bits per heavy atom. The van der Waals surface area contributed by atoms with Crippen LogP contribution in [-0.4, -0.2) is 37.1 Å². The lowest BCUT2D eigenvalue weighted by atomic mass is 9.91. The number of nitrogens with one attached hydrogen (secondary N) is 1. The van der Waals surface area contributed by atoms with Gasteiger partial charge in [0.2, 0.25) is 0 Å². The highest BCUT2D eigenvalue weighted by Crippen LogP contribution is 2.21. The SMILES string of the molecule is CCCC(CC)CCC(C)CN1CCN[C@H](C)C1. The fourth-order valence-electron chi connectivity index (χ4n) is 3.19. The van der Waals surface area contributed by atoms with E-state index in [-0.39, 0.29) is 0 Å². The molecular weight excluding hydrogens is 220 g/mol. The molecule has 1 rings (SSSR count). The lowest BCUT2D eigenvalue weighted by Gasteiger charge is -2.33. The molecule has 0 amide bonds. The summed E-state index contributed by atoms with van der Waals surface area (Å²) in [4.78, 5) is 2.65. The van der Waals surface area contributed by atoms with Crippen molar-refractivity contribution in [3.05, 3.63) is 0 Å². The minimum Gasteiger partial charge on any atom is -0.312 e. The van der Waals surface area contributed by atoms with Crippen LogP contribution >= 0.6 is 0 Å². The summed E-state index contributed by atoms with van der Waals surface area (Å²) in [6, 6.07) is 0.675. The lowest BCUT2D eigenvalue weighted by Crippen LogP contribution is -2.50. The molecule has 0 aliphatic carbocycles. The van der Waals surface area contributed by atoms with Gasteiger partial charge in [0.15, 0.2) is 0 Å². The van der Waals surface area contributed by atoms with Crippen LogP contribution in [0.25, 0.3) is 0 Å². The molecule has 1 saturated heterocycles. The van der Waals surface area contributed by atoms with Gasteiger partial charge in [0.1, 0.15) is 0 Å². The van der Waals surface area contributed by atoms with Gasteiger partial charge in [-0.2, -0.15) is 0 Å². The molecule has 2 nitrogen and oxygen atoms in total. The van der Waals surface area contributed by atoms with Crippen LogP contribution < -0.4 is 5.32 Å². The van der Waals surface area contributed by atoms with E-state index in [0.717, 1.165) is 11.8 Å². The van der Waals surface area contributed by atoms with Gasteiger partial charge in [-0.3, -0.25) is 0 Å². The van der Waals surface area contributed by atoms with Crippen LogP contribution in [0.5, 0.6) is 0 Å². The van der Waals surface area contributed by atoms with Gasteiger partial charge >= 0.3 is 0 Å². The summed E-state index contributed by atoms with van der Waals surface area (Å²) in [6.45, 7) is 14.3. The van der Waals surface area contributed by atoms with Crippen molar-refractivity contribution in [3.63, 3.8) is 0 Å². The number of hydrogen-bond acceptors (Lipinski definition) is 2. The minimum absolute atomic E-state index is 0.675. The summed E-state index contributed by atoms with van der Waals surface area (Å²) in [5.74, 6) is 1.83. The molecule has 1 aliphatic heterocycles.